The van der Waals surface area contributed by atoms with E-state index in [0.717, 1.165) is 12.0 Å². The van der Waals surface area contributed by atoms with E-state index in [1.165, 1.54) is 11.6 Å². The van der Waals surface area contributed by atoms with Gasteiger partial charge in [0, 0.05) is 6.54 Å². The van der Waals surface area contributed by atoms with E-state index in [-0.39, 0.29) is 11.5 Å². The van der Waals surface area contributed by atoms with Crippen LogP contribution in [-0.2, 0) is 13.0 Å². The highest BCUT2D eigenvalue weighted by molar-refractivity contribution is 5.94. The molecule has 0 aliphatic heterocycles. The zero-order valence-corrected chi connectivity index (χ0v) is 11.7. The second kappa shape index (κ2) is 6.33. The van der Waals surface area contributed by atoms with Crippen molar-refractivity contribution in [3.63, 3.8) is 0 Å². The molecule has 0 fully saturated rings. The molecule has 0 unspecified atom stereocenters. The van der Waals surface area contributed by atoms with Crippen molar-refractivity contribution in [2.75, 3.05) is 0 Å². The Balaban J connectivity index is 2.02. The molecule has 104 valence electrons. The molecule has 1 amide bonds. The molecule has 2 rings (SSSR count). The Morgan fingerprint density at radius 3 is 2.40 bits per heavy atom. The molecular weight excluding hydrogens is 253 g/mol. The molecule has 0 saturated heterocycles. The zero-order chi connectivity index (χ0) is 14.5. The molecule has 2 aromatic carbocycles. The number of carbonyl (C=O) groups excluding carboxylic acids is 1. The Morgan fingerprint density at radius 1 is 1.10 bits per heavy atom. The fourth-order valence-corrected chi connectivity index (χ4v) is 1.99. The zero-order valence-electron chi connectivity index (χ0n) is 11.7. The monoisotopic (exact) mass is 271 g/mol. The summed E-state index contributed by atoms with van der Waals surface area (Å²) in [4.78, 5) is 12.0. The third-order valence-corrected chi connectivity index (χ3v) is 3.32. The van der Waals surface area contributed by atoms with Crippen molar-refractivity contribution in [1.29, 1.82) is 0 Å². The minimum Gasteiger partial charge on any atom is -0.348 e. The third-order valence-electron chi connectivity index (χ3n) is 3.32. The van der Waals surface area contributed by atoms with E-state index < -0.39 is 5.82 Å². The molecule has 2 nitrogen and oxygen atoms in total. The van der Waals surface area contributed by atoms with E-state index in [2.05, 4.69) is 12.2 Å². The SMILES string of the molecule is CCc1ccc(CNC(=O)c2cccc(C)c2F)cc1. The predicted molar refractivity (Wildman–Crippen MR) is 78.1 cm³/mol. The highest BCUT2D eigenvalue weighted by Crippen LogP contribution is 2.12. The van der Waals surface area contributed by atoms with Crippen molar-refractivity contribution in [2.45, 2.75) is 26.8 Å². The molecule has 0 heterocycles. The predicted octanol–water partition coefficient (Wildman–Crippen LogP) is 3.63. The molecular formula is C17H18FNO. The Bertz CT molecular complexity index is 605. The fourth-order valence-electron chi connectivity index (χ4n) is 1.99. The van der Waals surface area contributed by atoms with Crippen molar-refractivity contribution in [1.82, 2.24) is 5.32 Å². The molecule has 0 aliphatic rings. The van der Waals surface area contributed by atoms with Crippen LogP contribution in [0.15, 0.2) is 42.5 Å². The molecule has 3 heteroatoms. The lowest BCUT2D eigenvalue weighted by Crippen LogP contribution is -2.24. The van der Waals surface area contributed by atoms with Gasteiger partial charge in [0.25, 0.3) is 5.91 Å². The fraction of sp³-hybridized carbons (Fsp3) is 0.235. The van der Waals surface area contributed by atoms with Crippen LogP contribution in [0.4, 0.5) is 4.39 Å². The topological polar surface area (TPSA) is 29.1 Å². The van der Waals surface area contributed by atoms with Gasteiger partial charge in [0.1, 0.15) is 5.82 Å². The van der Waals surface area contributed by atoms with E-state index in [9.17, 15) is 9.18 Å². The third kappa shape index (κ3) is 3.23. The van der Waals surface area contributed by atoms with E-state index >= 15 is 0 Å². The van der Waals surface area contributed by atoms with Gasteiger partial charge in [-0.1, -0.05) is 43.3 Å². The van der Waals surface area contributed by atoms with Crippen LogP contribution in [0, 0.1) is 12.7 Å². The average molecular weight is 271 g/mol. The Morgan fingerprint density at radius 2 is 1.75 bits per heavy atom. The number of aryl methyl sites for hydroxylation is 2. The molecule has 2 aromatic rings. The van der Waals surface area contributed by atoms with Crippen LogP contribution >= 0.6 is 0 Å². The summed E-state index contributed by atoms with van der Waals surface area (Å²) in [5.74, 6) is -0.836. The maximum absolute atomic E-state index is 13.8. The van der Waals surface area contributed by atoms with Crippen LogP contribution in [0.3, 0.4) is 0 Å². The quantitative estimate of drug-likeness (QED) is 0.904. The second-order valence-electron chi connectivity index (χ2n) is 4.79. The minimum absolute atomic E-state index is 0.0928. The van der Waals surface area contributed by atoms with Gasteiger partial charge in [-0.2, -0.15) is 0 Å². The van der Waals surface area contributed by atoms with Gasteiger partial charge < -0.3 is 5.32 Å². The molecule has 0 spiro atoms. The van der Waals surface area contributed by atoms with E-state index in [1.54, 1.807) is 19.1 Å². The molecule has 0 bridgehead atoms. The number of nitrogens with one attached hydrogen (secondary N) is 1. The van der Waals surface area contributed by atoms with E-state index in [4.69, 9.17) is 0 Å². The number of rotatable bonds is 4. The molecule has 20 heavy (non-hydrogen) atoms. The number of hydrogen-bond acceptors (Lipinski definition) is 1. The summed E-state index contributed by atoms with van der Waals surface area (Å²) in [5.41, 5.74) is 2.83. The molecule has 0 saturated carbocycles. The number of carbonyl (C=O) groups is 1. The van der Waals surface area contributed by atoms with Gasteiger partial charge in [0.2, 0.25) is 0 Å². The van der Waals surface area contributed by atoms with E-state index in [1.807, 2.05) is 24.3 Å². The normalized spacial score (nSPS) is 10.3. The van der Waals surface area contributed by atoms with E-state index in [0.29, 0.717) is 12.1 Å². The first-order valence-corrected chi connectivity index (χ1v) is 6.73. The van der Waals surface area contributed by atoms with Gasteiger partial charge in [-0.15, -0.1) is 0 Å². The molecule has 0 aromatic heterocycles. The largest absolute Gasteiger partial charge is 0.348 e. The number of benzene rings is 2. The standard InChI is InChI=1S/C17H18FNO/c1-3-13-7-9-14(10-8-13)11-19-17(20)15-6-4-5-12(2)16(15)18/h4-10H,3,11H2,1-2H3,(H,19,20). The Hall–Kier alpha value is -2.16. The van der Waals surface area contributed by atoms with Gasteiger partial charge in [-0.25, -0.2) is 4.39 Å². The summed E-state index contributed by atoms with van der Waals surface area (Å²) in [6, 6.07) is 12.9. The highest BCUT2D eigenvalue weighted by Gasteiger charge is 2.12. The summed E-state index contributed by atoms with van der Waals surface area (Å²) in [6.45, 7) is 4.14. The van der Waals surface area contributed by atoms with Crippen LogP contribution in [0.1, 0.15) is 34.0 Å². The van der Waals surface area contributed by atoms with Crippen molar-refractivity contribution < 1.29 is 9.18 Å². The van der Waals surface area contributed by atoms with Crippen molar-refractivity contribution in [3.8, 4) is 0 Å². The van der Waals surface area contributed by atoms with Crippen LogP contribution in [-0.4, -0.2) is 5.91 Å². The average Bonchev–Trinajstić information content (AvgIpc) is 2.48. The smallest absolute Gasteiger partial charge is 0.254 e. The molecule has 1 N–H and O–H groups in total. The maximum atomic E-state index is 13.8. The first-order valence-electron chi connectivity index (χ1n) is 6.73. The summed E-state index contributed by atoms with van der Waals surface area (Å²) < 4.78 is 13.8. The summed E-state index contributed by atoms with van der Waals surface area (Å²) >= 11 is 0. The molecule has 0 radical (unpaired) electrons. The lowest BCUT2D eigenvalue weighted by atomic mass is 10.1. The van der Waals surface area contributed by atoms with Gasteiger partial charge in [-0.3, -0.25) is 4.79 Å². The van der Waals surface area contributed by atoms with Crippen molar-refractivity contribution in [2.24, 2.45) is 0 Å². The number of amides is 1. The summed E-state index contributed by atoms with van der Waals surface area (Å²) in [7, 11) is 0. The van der Waals surface area contributed by atoms with Gasteiger partial charge in [0.15, 0.2) is 0 Å². The number of hydrogen-bond donors (Lipinski definition) is 1. The molecule has 0 atom stereocenters. The molecule has 0 aliphatic carbocycles. The maximum Gasteiger partial charge on any atom is 0.254 e. The van der Waals surface area contributed by atoms with Gasteiger partial charge in [-0.05, 0) is 36.1 Å². The first-order chi connectivity index (χ1) is 9.61. The summed E-state index contributed by atoms with van der Waals surface area (Å²) in [6.07, 6.45) is 0.987. The first kappa shape index (κ1) is 14.3. The van der Waals surface area contributed by atoms with Gasteiger partial charge in [0.05, 0.1) is 5.56 Å². The minimum atomic E-state index is -0.452. The lowest BCUT2D eigenvalue weighted by Gasteiger charge is -2.08. The van der Waals surface area contributed by atoms with Crippen LogP contribution in [0.2, 0.25) is 0 Å². The summed E-state index contributed by atoms with van der Waals surface area (Å²) in [5, 5.41) is 2.74. The second-order valence-corrected chi connectivity index (χ2v) is 4.79. The lowest BCUT2D eigenvalue weighted by molar-refractivity contribution is 0.0946. The van der Waals surface area contributed by atoms with Crippen LogP contribution in [0.5, 0.6) is 0 Å². The van der Waals surface area contributed by atoms with Gasteiger partial charge >= 0.3 is 0 Å². The highest BCUT2D eigenvalue weighted by atomic mass is 19.1. The Labute approximate surface area is 118 Å². The van der Waals surface area contributed by atoms with Crippen molar-refractivity contribution in [3.05, 3.63) is 70.5 Å². The van der Waals surface area contributed by atoms with Crippen molar-refractivity contribution >= 4 is 5.91 Å². The van der Waals surface area contributed by atoms with Crippen LogP contribution in [0.25, 0.3) is 0 Å². The number of halogens is 1. The Kier molecular flexibility index (Phi) is 4.51. The van der Waals surface area contributed by atoms with Crippen LogP contribution < -0.4 is 5.32 Å².